The second-order valence-corrected chi connectivity index (χ2v) is 6.63. The van der Waals surface area contributed by atoms with Gasteiger partial charge in [0.05, 0.1) is 12.8 Å². The number of hydrogen-bond acceptors (Lipinski definition) is 3. The van der Waals surface area contributed by atoms with E-state index in [1.54, 1.807) is 17.2 Å². The molecule has 0 radical (unpaired) electrons. The molecule has 1 saturated heterocycles. The molecule has 0 spiro atoms. The van der Waals surface area contributed by atoms with E-state index in [0.29, 0.717) is 25.6 Å². The van der Waals surface area contributed by atoms with E-state index in [1.807, 2.05) is 6.07 Å². The van der Waals surface area contributed by atoms with Crippen LogP contribution in [0, 0.1) is 11.8 Å². The molecule has 2 heterocycles. The Kier molecular flexibility index (Phi) is 4.88. The van der Waals surface area contributed by atoms with Crippen LogP contribution < -0.4 is 10.6 Å². The van der Waals surface area contributed by atoms with Crippen LogP contribution in [0.4, 0.5) is 4.79 Å². The van der Waals surface area contributed by atoms with Crippen LogP contribution in [0.5, 0.6) is 0 Å². The lowest BCUT2D eigenvalue weighted by molar-refractivity contribution is -0.127. The van der Waals surface area contributed by atoms with Crippen LogP contribution in [0.15, 0.2) is 22.8 Å². The van der Waals surface area contributed by atoms with Crippen molar-refractivity contribution in [3.05, 3.63) is 24.2 Å². The van der Waals surface area contributed by atoms with Crippen molar-refractivity contribution in [3.63, 3.8) is 0 Å². The molecule has 126 valence electrons. The molecule has 1 unspecified atom stereocenters. The zero-order chi connectivity index (χ0) is 16.2. The highest BCUT2D eigenvalue weighted by Gasteiger charge is 2.32. The number of nitrogens with one attached hydrogen (secondary N) is 2. The first-order valence-electron chi connectivity index (χ1n) is 8.49. The van der Waals surface area contributed by atoms with Gasteiger partial charge in [0, 0.05) is 25.0 Å². The third kappa shape index (κ3) is 4.27. The molecule has 1 aliphatic heterocycles. The van der Waals surface area contributed by atoms with Gasteiger partial charge in [-0.2, -0.15) is 0 Å². The number of piperidine rings is 1. The Labute approximate surface area is 136 Å². The summed E-state index contributed by atoms with van der Waals surface area (Å²) in [5.41, 5.74) is 0. The van der Waals surface area contributed by atoms with Crippen molar-refractivity contribution < 1.29 is 14.0 Å². The van der Waals surface area contributed by atoms with Gasteiger partial charge in [0.25, 0.3) is 0 Å². The van der Waals surface area contributed by atoms with E-state index >= 15 is 0 Å². The van der Waals surface area contributed by atoms with E-state index in [4.69, 9.17) is 4.42 Å². The summed E-state index contributed by atoms with van der Waals surface area (Å²) in [7, 11) is 0. The first-order valence-corrected chi connectivity index (χ1v) is 8.49. The summed E-state index contributed by atoms with van der Waals surface area (Å²) in [6.45, 7) is 3.73. The third-order valence-corrected chi connectivity index (χ3v) is 4.85. The molecule has 2 N–H and O–H groups in total. The third-order valence-electron chi connectivity index (χ3n) is 4.85. The van der Waals surface area contributed by atoms with Crippen LogP contribution in [0.3, 0.4) is 0 Å². The first kappa shape index (κ1) is 15.9. The van der Waals surface area contributed by atoms with Crippen LogP contribution >= 0.6 is 0 Å². The summed E-state index contributed by atoms with van der Waals surface area (Å²) in [5.74, 6) is 1.60. The molecule has 3 rings (SSSR count). The molecule has 1 atom stereocenters. The Hall–Kier alpha value is -1.98. The number of rotatable bonds is 5. The number of amides is 3. The molecule has 6 nitrogen and oxygen atoms in total. The lowest BCUT2D eigenvalue weighted by Crippen LogP contribution is -2.47. The van der Waals surface area contributed by atoms with Crippen LogP contribution in [0.2, 0.25) is 0 Å². The summed E-state index contributed by atoms with van der Waals surface area (Å²) in [5, 5.41) is 5.98. The number of urea groups is 1. The Bertz CT molecular complexity index is 531. The van der Waals surface area contributed by atoms with Gasteiger partial charge in [-0.25, -0.2) is 4.79 Å². The second kappa shape index (κ2) is 7.06. The number of nitrogens with zero attached hydrogens (tertiary/aromatic N) is 1. The standard InChI is InChI=1S/C17H25N3O3/c1-12(13-4-5-13)19-16(21)14-6-8-20(9-7-14)17(22)18-11-15-3-2-10-23-15/h2-3,10,12-14H,4-9,11H2,1H3,(H,18,22)(H,19,21). The monoisotopic (exact) mass is 319 g/mol. The maximum absolute atomic E-state index is 12.3. The molecule has 1 aromatic rings. The Morgan fingerprint density at radius 3 is 2.65 bits per heavy atom. The molecular weight excluding hydrogens is 294 g/mol. The normalized spacial score (nSPS) is 20.1. The van der Waals surface area contributed by atoms with E-state index < -0.39 is 0 Å². The smallest absolute Gasteiger partial charge is 0.317 e. The average Bonchev–Trinajstić information content (AvgIpc) is 3.29. The number of likely N-dealkylation sites (tertiary alicyclic amines) is 1. The molecule has 6 heteroatoms. The molecule has 2 fully saturated rings. The minimum absolute atomic E-state index is 0.0327. The predicted octanol–water partition coefficient (Wildman–Crippen LogP) is 2.12. The summed E-state index contributed by atoms with van der Waals surface area (Å²) in [4.78, 5) is 26.1. The van der Waals surface area contributed by atoms with Gasteiger partial charge < -0.3 is 20.0 Å². The molecular formula is C17H25N3O3. The van der Waals surface area contributed by atoms with Crippen molar-refractivity contribution >= 4 is 11.9 Å². The number of furan rings is 1. The van der Waals surface area contributed by atoms with Crippen molar-refractivity contribution in [1.82, 2.24) is 15.5 Å². The Morgan fingerprint density at radius 1 is 1.30 bits per heavy atom. The van der Waals surface area contributed by atoms with E-state index in [2.05, 4.69) is 17.6 Å². The van der Waals surface area contributed by atoms with Crippen LogP contribution in [-0.4, -0.2) is 36.0 Å². The molecule has 1 aliphatic carbocycles. The summed E-state index contributed by atoms with van der Waals surface area (Å²) in [6, 6.07) is 3.83. The van der Waals surface area contributed by atoms with Gasteiger partial charge in [-0.15, -0.1) is 0 Å². The van der Waals surface area contributed by atoms with E-state index in [0.717, 1.165) is 18.6 Å². The molecule has 1 aromatic heterocycles. The summed E-state index contributed by atoms with van der Waals surface area (Å²) >= 11 is 0. The zero-order valence-corrected chi connectivity index (χ0v) is 13.6. The molecule has 2 aliphatic rings. The minimum atomic E-state index is -0.0911. The lowest BCUT2D eigenvalue weighted by atomic mass is 9.95. The van der Waals surface area contributed by atoms with Crippen LogP contribution in [0.25, 0.3) is 0 Å². The van der Waals surface area contributed by atoms with Gasteiger partial charge in [-0.05, 0) is 50.7 Å². The molecule has 3 amide bonds. The SMILES string of the molecule is CC(NC(=O)C1CCN(C(=O)NCc2ccco2)CC1)C1CC1. The topological polar surface area (TPSA) is 74.6 Å². The van der Waals surface area contributed by atoms with Crippen molar-refractivity contribution in [1.29, 1.82) is 0 Å². The van der Waals surface area contributed by atoms with Crippen LogP contribution in [-0.2, 0) is 11.3 Å². The summed E-state index contributed by atoms with van der Waals surface area (Å²) in [6.07, 6.45) is 5.52. The van der Waals surface area contributed by atoms with Gasteiger partial charge in [-0.3, -0.25) is 4.79 Å². The van der Waals surface area contributed by atoms with Gasteiger partial charge >= 0.3 is 6.03 Å². The van der Waals surface area contributed by atoms with Gasteiger partial charge in [0.15, 0.2) is 0 Å². The Balaban J connectivity index is 1.38. The molecule has 0 bridgehead atoms. The largest absolute Gasteiger partial charge is 0.467 e. The van der Waals surface area contributed by atoms with E-state index in [-0.39, 0.29) is 23.9 Å². The lowest BCUT2D eigenvalue weighted by Gasteiger charge is -2.31. The quantitative estimate of drug-likeness (QED) is 0.873. The van der Waals surface area contributed by atoms with Crippen molar-refractivity contribution in [3.8, 4) is 0 Å². The number of carbonyl (C=O) groups excluding carboxylic acids is 2. The van der Waals surface area contributed by atoms with Gasteiger partial charge in [-0.1, -0.05) is 0 Å². The van der Waals surface area contributed by atoms with Crippen molar-refractivity contribution in [2.24, 2.45) is 11.8 Å². The predicted molar refractivity (Wildman–Crippen MR) is 85.6 cm³/mol. The van der Waals surface area contributed by atoms with E-state index in [1.165, 1.54) is 12.8 Å². The number of carbonyl (C=O) groups is 2. The first-order chi connectivity index (χ1) is 11.1. The van der Waals surface area contributed by atoms with Gasteiger partial charge in [0.1, 0.15) is 5.76 Å². The van der Waals surface area contributed by atoms with Crippen molar-refractivity contribution in [2.75, 3.05) is 13.1 Å². The number of hydrogen-bond donors (Lipinski definition) is 2. The summed E-state index contributed by atoms with van der Waals surface area (Å²) < 4.78 is 5.19. The molecule has 0 aromatic carbocycles. The molecule has 1 saturated carbocycles. The zero-order valence-electron chi connectivity index (χ0n) is 13.6. The molecule has 23 heavy (non-hydrogen) atoms. The highest BCUT2D eigenvalue weighted by Crippen LogP contribution is 2.32. The maximum atomic E-state index is 12.3. The van der Waals surface area contributed by atoms with E-state index in [9.17, 15) is 9.59 Å². The highest BCUT2D eigenvalue weighted by atomic mass is 16.3. The van der Waals surface area contributed by atoms with Gasteiger partial charge in [0.2, 0.25) is 5.91 Å². The maximum Gasteiger partial charge on any atom is 0.317 e. The highest BCUT2D eigenvalue weighted by molar-refractivity contribution is 5.80. The minimum Gasteiger partial charge on any atom is -0.467 e. The second-order valence-electron chi connectivity index (χ2n) is 6.63. The van der Waals surface area contributed by atoms with Crippen molar-refractivity contribution in [2.45, 2.75) is 45.2 Å². The fraction of sp³-hybridized carbons (Fsp3) is 0.647. The average molecular weight is 319 g/mol. The Morgan fingerprint density at radius 2 is 2.04 bits per heavy atom. The fourth-order valence-corrected chi connectivity index (χ4v) is 3.09. The van der Waals surface area contributed by atoms with Crippen LogP contribution in [0.1, 0.15) is 38.4 Å². The fourth-order valence-electron chi connectivity index (χ4n) is 3.09.